The highest BCUT2D eigenvalue weighted by Crippen LogP contribution is 2.34. The van der Waals surface area contributed by atoms with Crippen LogP contribution in [0.1, 0.15) is 36.0 Å². The average molecular weight is 252 g/mol. The standard InChI is InChI=1S/C12H16N2O4/c1-3-12(11(16)17)4-5-14(7-12)10(15)9-6-8(2)13-18-9/h6H,3-5,7H2,1-2H3,(H,16,17). The summed E-state index contributed by atoms with van der Waals surface area (Å²) in [6, 6.07) is 1.56. The molecule has 18 heavy (non-hydrogen) atoms. The van der Waals surface area contributed by atoms with Crippen LogP contribution in [-0.4, -0.2) is 40.1 Å². The van der Waals surface area contributed by atoms with Gasteiger partial charge in [0.15, 0.2) is 0 Å². The number of aryl methyl sites for hydroxylation is 1. The van der Waals surface area contributed by atoms with E-state index >= 15 is 0 Å². The Labute approximate surface area is 105 Å². The lowest BCUT2D eigenvalue weighted by Gasteiger charge is -2.22. The van der Waals surface area contributed by atoms with E-state index in [0.29, 0.717) is 25.1 Å². The average Bonchev–Trinajstić information content (AvgIpc) is 2.95. The molecule has 1 fully saturated rings. The topological polar surface area (TPSA) is 83.6 Å². The molecule has 1 saturated heterocycles. The Kier molecular flexibility index (Phi) is 3.11. The Morgan fingerprint density at radius 1 is 1.61 bits per heavy atom. The first kappa shape index (κ1) is 12.6. The molecule has 1 aliphatic rings. The molecule has 1 aromatic rings. The molecule has 0 aromatic carbocycles. The van der Waals surface area contributed by atoms with E-state index in [9.17, 15) is 14.7 Å². The minimum atomic E-state index is -0.839. The van der Waals surface area contributed by atoms with Crippen LogP contribution in [-0.2, 0) is 4.79 Å². The molecule has 6 nitrogen and oxygen atoms in total. The molecule has 1 atom stereocenters. The summed E-state index contributed by atoms with van der Waals surface area (Å²) in [6.45, 7) is 4.24. The number of carboxylic acids is 1. The highest BCUT2D eigenvalue weighted by atomic mass is 16.5. The number of nitrogens with zero attached hydrogens (tertiary/aromatic N) is 2. The third-order valence-corrected chi connectivity index (χ3v) is 3.61. The van der Waals surface area contributed by atoms with Crippen molar-refractivity contribution in [1.29, 1.82) is 0 Å². The number of amides is 1. The van der Waals surface area contributed by atoms with Gasteiger partial charge in [0.25, 0.3) is 5.91 Å². The number of aliphatic carboxylic acids is 1. The SMILES string of the molecule is CCC1(C(=O)O)CCN(C(=O)c2cc(C)no2)C1. The van der Waals surface area contributed by atoms with Gasteiger partial charge in [-0.15, -0.1) is 0 Å². The van der Waals surface area contributed by atoms with Gasteiger partial charge in [-0.05, 0) is 19.8 Å². The molecule has 98 valence electrons. The highest BCUT2D eigenvalue weighted by molar-refractivity contribution is 5.92. The zero-order valence-electron chi connectivity index (χ0n) is 10.5. The van der Waals surface area contributed by atoms with E-state index in [2.05, 4.69) is 5.16 Å². The molecule has 0 radical (unpaired) electrons. The van der Waals surface area contributed by atoms with Crippen molar-refractivity contribution in [3.8, 4) is 0 Å². The fraction of sp³-hybridized carbons (Fsp3) is 0.583. The predicted molar refractivity (Wildman–Crippen MR) is 62.1 cm³/mol. The van der Waals surface area contributed by atoms with E-state index in [4.69, 9.17) is 4.52 Å². The van der Waals surface area contributed by atoms with Gasteiger partial charge in [-0.1, -0.05) is 12.1 Å². The van der Waals surface area contributed by atoms with Crippen molar-refractivity contribution in [2.24, 2.45) is 5.41 Å². The van der Waals surface area contributed by atoms with Gasteiger partial charge in [-0.2, -0.15) is 0 Å². The Balaban J connectivity index is 2.13. The van der Waals surface area contributed by atoms with Crippen molar-refractivity contribution in [2.45, 2.75) is 26.7 Å². The van der Waals surface area contributed by atoms with Gasteiger partial charge in [-0.3, -0.25) is 9.59 Å². The fourth-order valence-corrected chi connectivity index (χ4v) is 2.28. The molecule has 0 bridgehead atoms. The summed E-state index contributed by atoms with van der Waals surface area (Å²) in [7, 11) is 0. The number of rotatable bonds is 3. The number of hydrogen-bond acceptors (Lipinski definition) is 4. The van der Waals surface area contributed by atoms with Crippen LogP contribution in [0.2, 0.25) is 0 Å². The third kappa shape index (κ3) is 1.98. The molecule has 0 saturated carbocycles. The monoisotopic (exact) mass is 252 g/mol. The minimum Gasteiger partial charge on any atom is -0.481 e. The number of likely N-dealkylation sites (tertiary alicyclic amines) is 1. The maximum atomic E-state index is 12.1. The molecule has 1 N–H and O–H groups in total. The van der Waals surface area contributed by atoms with Crippen molar-refractivity contribution in [1.82, 2.24) is 10.1 Å². The quantitative estimate of drug-likeness (QED) is 0.876. The van der Waals surface area contributed by atoms with Gasteiger partial charge >= 0.3 is 5.97 Å². The van der Waals surface area contributed by atoms with Crippen molar-refractivity contribution in [3.63, 3.8) is 0 Å². The van der Waals surface area contributed by atoms with Gasteiger partial charge in [0.05, 0.1) is 11.1 Å². The minimum absolute atomic E-state index is 0.171. The Hall–Kier alpha value is -1.85. The van der Waals surface area contributed by atoms with Crippen LogP contribution in [0, 0.1) is 12.3 Å². The lowest BCUT2D eigenvalue weighted by Crippen LogP contribution is -2.36. The van der Waals surface area contributed by atoms with Crippen LogP contribution in [0.4, 0.5) is 0 Å². The fourth-order valence-electron chi connectivity index (χ4n) is 2.28. The summed E-state index contributed by atoms with van der Waals surface area (Å²) in [5.41, 5.74) is -0.178. The molecule has 1 unspecified atom stereocenters. The first-order valence-corrected chi connectivity index (χ1v) is 5.94. The molecule has 6 heteroatoms. The van der Waals surface area contributed by atoms with Crippen molar-refractivity contribution in [3.05, 3.63) is 17.5 Å². The van der Waals surface area contributed by atoms with Crippen LogP contribution in [0.25, 0.3) is 0 Å². The van der Waals surface area contributed by atoms with Gasteiger partial charge < -0.3 is 14.5 Å². The molecule has 2 rings (SSSR count). The maximum absolute atomic E-state index is 12.1. The maximum Gasteiger partial charge on any atom is 0.311 e. The van der Waals surface area contributed by atoms with Gasteiger partial charge in [0.1, 0.15) is 0 Å². The third-order valence-electron chi connectivity index (χ3n) is 3.61. The van der Waals surface area contributed by atoms with Crippen LogP contribution in [0.15, 0.2) is 10.6 Å². The molecule has 0 spiro atoms. The number of hydrogen-bond donors (Lipinski definition) is 1. The smallest absolute Gasteiger partial charge is 0.311 e. The Morgan fingerprint density at radius 3 is 2.78 bits per heavy atom. The number of carboxylic acid groups (broad SMARTS) is 1. The molecule has 2 heterocycles. The Morgan fingerprint density at radius 2 is 2.33 bits per heavy atom. The van der Waals surface area contributed by atoms with Crippen molar-refractivity contribution in [2.75, 3.05) is 13.1 Å². The van der Waals surface area contributed by atoms with Crippen LogP contribution < -0.4 is 0 Å². The molecular formula is C12H16N2O4. The molecule has 1 aliphatic heterocycles. The number of aromatic nitrogens is 1. The molecule has 0 aliphatic carbocycles. The number of carbonyl (C=O) groups is 2. The van der Waals surface area contributed by atoms with Crippen LogP contribution >= 0.6 is 0 Å². The zero-order valence-corrected chi connectivity index (χ0v) is 10.5. The molecule has 1 amide bonds. The molecular weight excluding hydrogens is 236 g/mol. The molecule has 1 aromatic heterocycles. The first-order chi connectivity index (χ1) is 8.48. The summed E-state index contributed by atoms with van der Waals surface area (Å²) >= 11 is 0. The number of carbonyl (C=O) groups excluding carboxylic acids is 1. The summed E-state index contributed by atoms with van der Waals surface area (Å²) in [5.74, 6) is -0.953. The first-order valence-electron chi connectivity index (χ1n) is 5.94. The van der Waals surface area contributed by atoms with E-state index < -0.39 is 11.4 Å². The van der Waals surface area contributed by atoms with E-state index in [1.165, 1.54) is 4.90 Å². The zero-order chi connectivity index (χ0) is 13.3. The van der Waals surface area contributed by atoms with E-state index in [0.717, 1.165) is 0 Å². The van der Waals surface area contributed by atoms with Crippen LogP contribution in [0.5, 0.6) is 0 Å². The van der Waals surface area contributed by atoms with Crippen molar-refractivity contribution < 1.29 is 19.2 Å². The van der Waals surface area contributed by atoms with Gasteiger partial charge in [0, 0.05) is 19.2 Å². The second kappa shape index (κ2) is 4.44. The second-order valence-electron chi connectivity index (χ2n) is 4.75. The van der Waals surface area contributed by atoms with E-state index in [1.807, 2.05) is 6.92 Å². The van der Waals surface area contributed by atoms with Gasteiger partial charge in [0.2, 0.25) is 5.76 Å². The van der Waals surface area contributed by atoms with Gasteiger partial charge in [-0.25, -0.2) is 0 Å². The van der Waals surface area contributed by atoms with E-state index in [1.54, 1.807) is 13.0 Å². The lowest BCUT2D eigenvalue weighted by molar-refractivity contribution is -0.148. The second-order valence-corrected chi connectivity index (χ2v) is 4.75. The highest BCUT2D eigenvalue weighted by Gasteiger charge is 2.45. The van der Waals surface area contributed by atoms with E-state index in [-0.39, 0.29) is 18.2 Å². The summed E-state index contributed by atoms with van der Waals surface area (Å²) < 4.78 is 4.91. The largest absolute Gasteiger partial charge is 0.481 e. The van der Waals surface area contributed by atoms with Crippen molar-refractivity contribution >= 4 is 11.9 Å². The normalized spacial score (nSPS) is 23.3. The predicted octanol–water partition coefficient (Wildman–Crippen LogP) is 1.31. The summed E-state index contributed by atoms with van der Waals surface area (Å²) in [6.07, 6.45) is 0.999. The summed E-state index contributed by atoms with van der Waals surface area (Å²) in [4.78, 5) is 24.9. The Bertz CT molecular complexity index is 482. The summed E-state index contributed by atoms with van der Waals surface area (Å²) in [5, 5.41) is 12.9. The lowest BCUT2D eigenvalue weighted by atomic mass is 9.84. The van der Waals surface area contributed by atoms with Crippen LogP contribution in [0.3, 0.4) is 0 Å².